The highest BCUT2D eigenvalue weighted by atomic mass is 32.2. The maximum atomic E-state index is 13.3. The Bertz CT molecular complexity index is 1080. The monoisotopic (exact) mass is 445 g/mol. The molecule has 0 spiro atoms. The lowest BCUT2D eigenvalue weighted by Crippen LogP contribution is -2.39. The van der Waals surface area contributed by atoms with E-state index in [4.69, 9.17) is 4.98 Å². The quantitative estimate of drug-likeness (QED) is 0.313. The lowest BCUT2D eigenvalue weighted by Gasteiger charge is -2.30. The van der Waals surface area contributed by atoms with Crippen LogP contribution < -0.4 is 5.56 Å². The van der Waals surface area contributed by atoms with Crippen molar-refractivity contribution in [1.82, 2.24) is 14.5 Å². The van der Waals surface area contributed by atoms with Crippen LogP contribution in [0.3, 0.4) is 0 Å². The highest BCUT2D eigenvalue weighted by Crippen LogP contribution is 2.34. The van der Waals surface area contributed by atoms with E-state index in [0.29, 0.717) is 28.8 Å². The van der Waals surface area contributed by atoms with Gasteiger partial charge in [-0.2, -0.15) is 0 Å². The number of allylic oxidation sites excluding steroid dienone is 1. The molecule has 0 radical (unpaired) electrons. The van der Waals surface area contributed by atoms with Gasteiger partial charge in [0, 0.05) is 35.5 Å². The Kier molecular flexibility index (Phi) is 6.22. The molecule has 0 aromatic carbocycles. The van der Waals surface area contributed by atoms with Gasteiger partial charge in [0.15, 0.2) is 5.16 Å². The number of aromatic nitrogens is 2. The van der Waals surface area contributed by atoms with Gasteiger partial charge in [-0.05, 0) is 30.2 Å². The van der Waals surface area contributed by atoms with Crippen molar-refractivity contribution >= 4 is 50.6 Å². The van der Waals surface area contributed by atoms with Crippen LogP contribution in [0.4, 0.5) is 0 Å². The van der Waals surface area contributed by atoms with Crippen LogP contribution in [0.25, 0.3) is 20.7 Å². The summed E-state index contributed by atoms with van der Waals surface area (Å²) in [5.74, 6) is 1.10. The van der Waals surface area contributed by atoms with Crippen LogP contribution in [0.15, 0.2) is 45.5 Å². The largest absolute Gasteiger partial charge is 0.342 e. The number of carbonyl (C=O) groups is 1. The number of thioether (sulfide) groups is 1. The third kappa shape index (κ3) is 4.20. The van der Waals surface area contributed by atoms with Gasteiger partial charge < -0.3 is 4.90 Å². The molecule has 0 aliphatic carbocycles. The fraction of sp³-hybridized carbons (Fsp3) is 0.381. The molecule has 0 unspecified atom stereocenters. The number of nitrogens with zero attached hydrogens (tertiary/aromatic N) is 3. The summed E-state index contributed by atoms with van der Waals surface area (Å²) in [6.45, 7) is 8.03. The third-order valence-electron chi connectivity index (χ3n) is 5.22. The first-order chi connectivity index (χ1) is 14.1. The number of fused-ring (bicyclic) bond motifs is 1. The van der Waals surface area contributed by atoms with Gasteiger partial charge in [-0.15, -0.1) is 29.3 Å². The zero-order valence-electron chi connectivity index (χ0n) is 16.3. The lowest BCUT2D eigenvalue weighted by atomic mass is 9.99. The molecule has 29 heavy (non-hydrogen) atoms. The molecule has 1 fully saturated rings. The SMILES string of the molecule is C=CCn1c(SCC(=O)N2CCC(C)CC2)nc2scc(-c3cccs3)c2c1=O. The molecule has 5 nitrogen and oxygen atoms in total. The van der Waals surface area contributed by atoms with Crippen LogP contribution in [0.2, 0.25) is 0 Å². The number of rotatable bonds is 6. The number of thiophene rings is 2. The summed E-state index contributed by atoms with van der Waals surface area (Å²) < 4.78 is 1.63. The fourth-order valence-corrected chi connectivity index (χ4v) is 6.21. The van der Waals surface area contributed by atoms with Gasteiger partial charge in [0.05, 0.1) is 11.1 Å². The fourth-order valence-electron chi connectivity index (χ4n) is 3.49. The van der Waals surface area contributed by atoms with Crippen LogP contribution in [-0.4, -0.2) is 39.2 Å². The number of amides is 1. The Balaban J connectivity index is 1.62. The third-order valence-corrected chi connectivity index (χ3v) is 7.95. The first-order valence-corrected chi connectivity index (χ1v) is 12.4. The van der Waals surface area contributed by atoms with Crippen molar-refractivity contribution in [3.8, 4) is 10.4 Å². The average molecular weight is 446 g/mol. The summed E-state index contributed by atoms with van der Waals surface area (Å²) in [6, 6.07) is 4.00. The number of carbonyl (C=O) groups excluding carboxylic acids is 1. The lowest BCUT2D eigenvalue weighted by molar-refractivity contribution is -0.129. The van der Waals surface area contributed by atoms with Crippen LogP contribution in [0.1, 0.15) is 19.8 Å². The predicted octanol–water partition coefficient (Wildman–Crippen LogP) is 4.72. The highest BCUT2D eigenvalue weighted by molar-refractivity contribution is 7.99. The topological polar surface area (TPSA) is 55.2 Å². The van der Waals surface area contributed by atoms with Crippen molar-refractivity contribution in [2.24, 2.45) is 5.92 Å². The van der Waals surface area contributed by atoms with Gasteiger partial charge in [-0.1, -0.05) is 30.8 Å². The Labute approximate surface area is 182 Å². The zero-order valence-corrected chi connectivity index (χ0v) is 18.7. The van der Waals surface area contributed by atoms with Crippen molar-refractivity contribution in [3.63, 3.8) is 0 Å². The van der Waals surface area contributed by atoms with E-state index in [1.807, 2.05) is 27.8 Å². The van der Waals surface area contributed by atoms with E-state index in [1.54, 1.807) is 22.0 Å². The minimum atomic E-state index is -0.0682. The molecule has 0 atom stereocenters. The molecular weight excluding hydrogens is 422 g/mol. The van der Waals surface area contributed by atoms with E-state index < -0.39 is 0 Å². The Morgan fingerprint density at radius 1 is 1.38 bits per heavy atom. The Morgan fingerprint density at radius 3 is 2.86 bits per heavy atom. The highest BCUT2D eigenvalue weighted by Gasteiger charge is 2.22. The van der Waals surface area contributed by atoms with E-state index in [0.717, 1.165) is 41.2 Å². The van der Waals surface area contributed by atoms with Crippen molar-refractivity contribution in [2.45, 2.75) is 31.5 Å². The predicted molar refractivity (Wildman–Crippen MR) is 123 cm³/mol. The van der Waals surface area contributed by atoms with Crippen LogP contribution in [0.5, 0.6) is 0 Å². The number of hydrogen-bond acceptors (Lipinski definition) is 6. The normalized spacial score (nSPS) is 15.1. The molecule has 0 bridgehead atoms. The molecule has 1 saturated heterocycles. The minimum Gasteiger partial charge on any atom is -0.342 e. The summed E-state index contributed by atoms with van der Waals surface area (Å²) in [6.07, 6.45) is 3.81. The molecule has 8 heteroatoms. The summed E-state index contributed by atoms with van der Waals surface area (Å²) in [5, 5.41) is 5.24. The first-order valence-electron chi connectivity index (χ1n) is 9.66. The van der Waals surface area contributed by atoms with Gasteiger partial charge in [0.1, 0.15) is 4.83 Å². The molecule has 152 valence electrons. The van der Waals surface area contributed by atoms with Crippen LogP contribution in [-0.2, 0) is 11.3 Å². The Morgan fingerprint density at radius 2 is 2.17 bits per heavy atom. The minimum absolute atomic E-state index is 0.0682. The average Bonchev–Trinajstić information content (AvgIpc) is 3.38. The molecule has 1 amide bonds. The van der Waals surface area contributed by atoms with Crippen molar-refractivity contribution in [1.29, 1.82) is 0 Å². The van der Waals surface area contributed by atoms with E-state index in [1.165, 1.54) is 23.1 Å². The molecule has 4 heterocycles. The van der Waals surface area contributed by atoms with Crippen molar-refractivity contribution in [2.75, 3.05) is 18.8 Å². The molecule has 3 aromatic heterocycles. The molecule has 1 aliphatic heterocycles. The molecule has 3 aromatic rings. The smallest absolute Gasteiger partial charge is 0.263 e. The molecule has 0 saturated carbocycles. The van der Waals surface area contributed by atoms with E-state index >= 15 is 0 Å². The maximum absolute atomic E-state index is 13.3. The standard InChI is InChI=1S/C21H23N3O2S3/c1-3-8-24-20(26)18-15(16-5-4-11-27-16)12-28-19(18)22-21(24)29-13-17(25)23-9-6-14(2)7-10-23/h3-5,11-12,14H,1,6-10,13H2,2H3. The molecular formula is C21H23N3O2S3. The molecule has 0 N–H and O–H groups in total. The van der Waals surface area contributed by atoms with E-state index in [-0.39, 0.29) is 11.5 Å². The van der Waals surface area contributed by atoms with E-state index in [2.05, 4.69) is 13.5 Å². The summed E-state index contributed by atoms with van der Waals surface area (Å²) in [4.78, 5) is 34.4. The summed E-state index contributed by atoms with van der Waals surface area (Å²) in [5.41, 5.74) is 0.867. The number of hydrogen-bond donors (Lipinski definition) is 0. The number of likely N-dealkylation sites (tertiary alicyclic amines) is 1. The first kappa shape index (κ1) is 20.4. The van der Waals surface area contributed by atoms with Gasteiger partial charge >= 0.3 is 0 Å². The second-order valence-corrected chi connectivity index (χ2v) is 10.0. The van der Waals surface area contributed by atoms with Gasteiger partial charge in [0.2, 0.25) is 5.91 Å². The van der Waals surface area contributed by atoms with Gasteiger partial charge in [-0.3, -0.25) is 14.2 Å². The van der Waals surface area contributed by atoms with Gasteiger partial charge in [0.25, 0.3) is 5.56 Å². The van der Waals surface area contributed by atoms with Crippen LogP contribution >= 0.6 is 34.4 Å². The van der Waals surface area contributed by atoms with Crippen molar-refractivity contribution in [3.05, 3.63) is 45.9 Å². The summed E-state index contributed by atoms with van der Waals surface area (Å²) in [7, 11) is 0. The second-order valence-electron chi connectivity index (χ2n) is 7.26. The molecule has 1 aliphatic rings. The number of piperidine rings is 1. The molecule has 4 rings (SSSR count). The van der Waals surface area contributed by atoms with E-state index in [9.17, 15) is 9.59 Å². The second kappa shape index (κ2) is 8.85. The maximum Gasteiger partial charge on any atom is 0.263 e. The van der Waals surface area contributed by atoms with Gasteiger partial charge in [-0.25, -0.2) is 4.98 Å². The summed E-state index contributed by atoms with van der Waals surface area (Å²) >= 11 is 4.44. The van der Waals surface area contributed by atoms with Crippen LogP contribution in [0, 0.1) is 5.92 Å². The Hall–Kier alpha value is -1.90. The van der Waals surface area contributed by atoms with Crippen molar-refractivity contribution < 1.29 is 4.79 Å². The zero-order chi connectivity index (χ0) is 20.4.